The number of fused-ring (bicyclic) bond motifs is 1. The fourth-order valence-electron chi connectivity index (χ4n) is 4.96. The van der Waals surface area contributed by atoms with Crippen molar-refractivity contribution in [2.24, 2.45) is 0 Å². The zero-order chi connectivity index (χ0) is 26.6. The lowest BCUT2D eigenvalue weighted by molar-refractivity contribution is -0.127. The molecule has 3 aromatic rings. The monoisotopic (exact) mass is 514 g/mol. The van der Waals surface area contributed by atoms with E-state index >= 15 is 0 Å². The normalized spacial score (nSPS) is 14.9. The Kier molecular flexibility index (Phi) is 7.93. The molecule has 0 bridgehead atoms. The Hall–Kier alpha value is -3.71. The van der Waals surface area contributed by atoms with Gasteiger partial charge >= 0.3 is 6.18 Å². The molecule has 0 aliphatic carbocycles. The summed E-state index contributed by atoms with van der Waals surface area (Å²) in [4.78, 5) is 17.1. The Bertz CT molecular complexity index is 1300. The van der Waals surface area contributed by atoms with Gasteiger partial charge in [0.1, 0.15) is 6.54 Å². The number of nitrogens with one attached hydrogen (secondary N) is 2. The summed E-state index contributed by atoms with van der Waals surface area (Å²) in [5, 5.41) is 11.7. The number of rotatable bonds is 8. The fraction of sp³-hybridized carbons (Fsp3) is 0.407. The number of halogens is 3. The van der Waals surface area contributed by atoms with Crippen molar-refractivity contribution < 1.29 is 27.4 Å². The number of ether oxygens (including phenoxy) is 2. The second-order valence-electron chi connectivity index (χ2n) is 9.13. The zero-order valence-electron chi connectivity index (χ0n) is 20.7. The molecule has 2 heterocycles. The molecule has 7 nitrogen and oxygen atoms in total. The van der Waals surface area contributed by atoms with Crippen molar-refractivity contribution in [3.8, 4) is 28.8 Å². The van der Waals surface area contributed by atoms with Gasteiger partial charge in [0.2, 0.25) is 5.91 Å². The molecule has 0 atom stereocenters. The number of carbonyl (C=O) groups excluding carboxylic acids is 1. The number of hydrogen-bond donors (Lipinski definition) is 2. The minimum absolute atomic E-state index is 0.0163. The van der Waals surface area contributed by atoms with Crippen LogP contribution in [-0.4, -0.2) is 62.4 Å². The topological polar surface area (TPSA) is 90.4 Å². The first kappa shape index (κ1) is 26.4. The van der Waals surface area contributed by atoms with Crippen LogP contribution in [0.15, 0.2) is 36.4 Å². The van der Waals surface area contributed by atoms with E-state index in [2.05, 4.69) is 10.3 Å². The molecule has 0 unspecified atom stereocenters. The van der Waals surface area contributed by atoms with Crippen LogP contribution < -0.4 is 14.8 Å². The standard InChI is InChI=1S/C27H29F3N4O3/c1-36-23-6-4-19(14-24(23)37-2)26-21(15-27(28,29)30)20-13-18(3-5-22(20)33-26)17-7-11-34(12-8-17)16-25(35)32-10-9-31/h3-6,13-14,17,33H,7-8,10-12,15-16H2,1-2H3,(H,32,35). The van der Waals surface area contributed by atoms with Crippen LogP contribution in [0, 0.1) is 11.3 Å². The number of benzene rings is 2. The van der Waals surface area contributed by atoms with Crippen molar-refractivity contribution in [2.75, 3.05) is 40.4 Å². The highest BCUT2D eigenvalue weighted by molar-refractivity contribution is 5.91. The summed E-state index contributed by atoms with van der Waals surface area (Å²) >= 11 is 0. The molecule has 2 N–H and O–H groups in total. The number of amides is 1. The number of nitrogens with zero attached hydrogens (tertiary/aromatic N) is 2. The van der Waals surface area contributed by atoms with Crippen molar-refractivity contribution in [1.29, 1.82) is 5.26 Å². The second kappa shape index (κ2) is 11.1. The first-order valence-corrected chi connectivity index (χ1v) is 12.0. The summed E-state index contributed by atoms with van der Waals surface area (Å²) in [5.74, 6) is 0.926. The van der Waals surface area contributed by atoms with Crippen molar-refractivity contribution in [3.63, 3.8) is 0 Å². The van der Waals surface area contributed by atoms with E-state index < -0.39 is 12.6 Å². The Balaban J connectivity index is 1.62. The van der Waals surface area contributed by atoms with Gasteiger partial charge in [-0.05, 0) is 73.3 Å². The van der Waals surface area contributed by atoms with E-state index in [1.807, 2.05) is 29.2 Å². The average molecular weight is 515 g/mol. The molecule has 2 aromatic carbocycles. The number of H-pyrrole nitrogens is 1. The van der Waals surface area contributed by atoms with E-state index in [-0.39, 0.29) is 30.5 Å². The Morgan fingerprint density at radius 1 is 1.14 bits per heavy atom. The van der Waals surface area contributed by atoms with Crippen LogP contribution in [0.5, 0.6) is 11.5 Å². The molecule has 0 saturated carbocycles. The summed E-state index contributed by atoms with van der Waals surface area (Å²) in [7, 11) is 2.99. The van der Waals surface area contributed by atoms with Crippen LogP contribution in [0.25, 0.3) is 22.2 Å². The number of likely N-dealkylation sites (tertiary alicyclic amines) is 1. The van der Waals surface area contributed by atoms with Gasteiger partial charge in [-0.25, -0.2) is 0 Å². The third-order valence-corrected chi connectivity index (χ3v) is 6.77. The van der Waals surface area contributed by atoms with Crippen LogP contribution >= 0.6 is 0 Å². The number of methoxy groups -OCH3 is 2. The SMILES string of the molecule is COc1ccc(-c2[nH]c3ccc(C4CCN(CC(=O)NCC#N)CC4)cc3c2CC(F)(F)F)cc1OC. The predicted octanol–water partition coefficient (Wildman–Crippen LogP) is 4.78. The first-order valence-electron chi connectivity index (χ1n) is 12.0. The van der Waals surface area contributed by atoms with Gasteiger partial charge in [0, 0.05) is 16.5 Å². The van der Waals surface area contributed by atoms with E-state index in [1.165, 1.54) is 14.2 Å². The second-order valence-corrected chi connectivity index (χ2v) is 9.13. The summed E-state index contributed by atoms with van der Waals surface area (Å²) in [6.45, 7) is 1.61. The van der Waals surface area contributed by atoms with Crippen LogP contribution in [-0.2, 0) is 11.2 Å². The summed E-state index contributed by atoms with van der Waals surface area (Å²) in [6, 6.07) is 12.6. The van der Waals surface area contributed by atoms with Gasteiger partial charge in [-0.1, -0.05) is 6.07 Å². The van der Waals surface area contributed by atoms with Crippen molar-refractivity contribution in [1.82, 2.24) is 15.2 Å². The summed E-state index contributed by atoms with van der Waals surface area (Å²) < 4.78 is 51.6. The number of piperidine rings is 1. The van der Waals surface area contributed by atoms with E-state index in [4.69, 9.17) is 14.7 Å². The molecule has 4 rings (SSSR count). The third kappa shape index (κ3) is 6.17. The molecule has 37 heavy (non-hydrogen) atoms. The molecular weight excluding hydrogens is 485 g/mol. The molecule has 0 radical (unpaired) electrons. The average Bonchev–Trinajstić information content (AvgIpc) is 3.23. The molecular formula is C27H29F3N4O3. The number of nitriles is 1. The lowest BCUT2D eigenvalue weighted by Gasteiger charge is -2.31. The quantitative estimate of drug-likeness (QED) is 0.423. The predicted molar refractivity (Wildman–Crippen MR) is 134 cm³/mol. The van der Waals surface area contributed by atoms with Crippen molar-refractivity contribution in [3.05, 3.63) is 47.5 Å². The summed E-state index contributed by atoms with van der Waals surface area (Å²) in [6.07, 6.45) is -3.86. The van der Waals surface area contributed by atoms with Crippen molar-refractivity contribution in [2.45, 2.75) is 31.4 Å². The number of hydrogen-bond acceptors (Lipinski definition) is 5. The van der Waals surface area contributed by atoms with E-state index in [1.54, 1.807) is 18.2 Å². The molecule has 1 amide bonds. The lowest BCUT2D eigenvalue weighted by Crippen LogP contribution is -2.41. The van der Waals surface area contributed by atoms with Gasteiger partial charge in [-0.15, -0.1) is 0 Å². The summed E-state index contributed by atoms with van der Waals surface area (Å²) in [5.41, 5.74) is 2.81. The fourth-order valence-corrected chi connectivity index (χ4v) is 4.96. The van der Waals surface area contributed by atoms with E-state index in [0.29, 0.717) is 46.7 Å². The maximum Gasteiger partial charge on any atom is 0.393 e. The molecule has 1 saturated heterocycles. The molecule has 196 valence electrons. The number of alkyl halides is 3. The highest BCUT2D eigenvalue weighted by Crippen LogP contribution is 2.40. The highest BCUT2D eigenvalue weighted by Gasteiger charge is 2.32. The van der Waals surface area contributed by atoms with Gasteiger partial charge in [0.25, 0.3) is 0 Å². The van der Waals surface area contributed by atoms with Crippen molar-refractivity contribution >= 4 is 16.8 Å². The van der Waals surface area contributed by atoms with Gasteiger partial charge in [0.05, 0.1) is 38.9 Å². The molecule has 0 spiro atoms. The van der Waals surface area contributed by atoms with Crippen LogP contribution in [0.2, 0.25) is 0 Å². The van der Waals surface area contributed by atoms with E-state index in [0.717, 1.165) is 18.4 Å². The number of aromatic nitrogens is 1. The minimum Gasteiger partial charge on any atom is -0.493 e. The van der Waals surface area contributed by atoms with Gasteiger partial charge in [-0.3, -0.25) is 9.69 Å². The van der Waals surface area contributed by atoms with Crippen LogP contribution in [0.1, 0.15) is 29.9 Å². The lowest BCUT2D eigenvalue weighted by atomic mass is 9.88. The minimum atomic E-state index is -4.38. The smallest absolute Gasteiger partial charge is 0.393 e. The maximum atomic E-state index is 13.7. The van der Waals surface area contributed by atoms with E-state index in [9.17, 15) is 18.0 Å². The molecule has 1 fully saturated rings. The zero-order valence-corrected chi connectivity index (χ0v) is 20.7. The highest BCUT2D eigenvalue weighted by atomic mass is 19.4. The Labute approximate surface area is 213 Å². The third-order valence-electron chi connectivity index (χ3n) is 6.77. The first-order chi connectivity index (χ1) is 17.7. The van der Waals surface area contributed by atoms with Gasteiger partial charge < -0.3 is 19.8 Å². The molecule has 10 heteroatoms. The number of aromatic amines is 1. The van der Waals surface area contributed by atoms with Crippen LogP contribution in [0.3, 0.4) is 0 Å². The largest absolute Gasteiger partial charge is 0.493 e. The Morgan fingerprint density at radius 2 is 1.86 bits per heavy atom. The number of carbonyl (C=O) groups is 1. The molecule has 1 aliphatic rings. The molecule has 1 aromatic heterocycles. The van der Waals surface area contributed by atoms with Gasteiger partial charge in [-0.2, -0.15) is 18.4 Å². The maximum absolute atomic E-state index is 13.7. The van der Waals surface area contributed by atoms with Crippen LogP contribution in [0.4, 0.5) is 13.2 Å². The Morgan fingerprint density at radius 3 is 2.51 bits per heavy atom. The van der Waals surface area contributed by atoms with Gasteiger partial charge in [0.15, 0.2) is 11.5 Å². The molecule has 1 aliphatic heterocycles.